The molecule has 1 N–H and O–H groups in total. The van der Waals surface area contributed by atoms with Crippen molar-refractivity contribution in [3.8, 4) is 0 Å². The molecule has 4 rings (SSSR count). The van der Waals surface area contributed by atoms with Gasteiger partial charge < -0.3 is 0 Å². The van der Waals surface area contributed by atoms with Crippen molar-refractivity contribution in [2.45, 2.75) is 0 Å². The topological polar surface area (TPSA) is 66.1 Å². The number of rotatable bonds is 1. The fourth-order valence-electron chi connectivity index (χ4n) is 2.58. The first kappa shape index (κ1) is 12.3. The first-order chi connectivity index (χ1) is 10.2. The second-order valence-corrected chi connectivity index (χ2v) is 5.50. The molecule has 1 aromatic heterocycles. The van der Waals surface area contributed by atoms with Gasteiger partial charge in [-0.25, -0.2) is 4.90 Å². The Morgan fingerprint density at radius 1 is 0.952 bits per heavy atom. The second kappa shape index (κ2) is 4.26. The first-order valence-electron chi connectivity index (χ1n) is 6.29. The second-order valence-electron chi connectivity index (χ2n) is 4.70. The Kier molecular flexibility index (Phi) is 2.49. The van der Waals surface area contributed by atoms with Gasteiger partial charge in [-0.3, -0.25) is 14.7 Å². The highest BCUT2D eigenvalue weighted by molar-refractivity contribution is 9.10. The standard InChI is InChI=1S/C15H8BrN3O2/c16-13-10-6-3-7-11(12(10)17-18-13)19-14(20)8-4-1-2-5-9(8)15(19)21/h1-7H,(H,17,18). The van der Waals surface area contributed by atoms with Gasteiger partial charge in [0.15, 0.2) is 0 Å². The van der Waals surface area contributed by atoms with Crippen molar-refractivity contribution < 1.29 is 9.59 Å². The monoisotopic (exact) mass is 341 g/mol. The van der Waals surface area contributed by atoms with Gasteiger partial charge in [-0.2, -0.15) is 5.10 Å². The van der Waals surface area contributed by atoms with E-state index in [0.29, 0.717) is 22.3 Å². The summed E-state index contributed by atoms with van der Waals surface area (Å²) in [6.45, 7) is 0. The zero-order valence-electron chi connectivity index (χ0n) is 10.6. The number of carbonyl (C=O) groups excluding carboxylic acids is 2. The predicted molar refractivity (Wildman–Crippen MR) is 81.4 cm³/mol. The van der Waals surface area contributed by atoms with Crippen LogP contribution in [-0.4, -0.2) is 22.0 Å². The Hall–Kier alpha value is -2.47. The van der Waals surface area contributed by atoms with Gasteiger partial charge in [0.05, 0.1) is 16.8 Å². The molecule has 0 saturated heterocycles. The molecule has 0 atom stereocenters. The van der Waals surface area contributed by atoms with Crippen molar-refractivity contribution in [1.82, 2.24) is 10.2 Å². The van der Waals surface area contributed by atoms with Crippen LogP contribution in [0, 0.1) is 0 Å². The molecule has 0 spiro atoms. The Bertz CT molecular complexity index is 881. The minimum atomic E-state index is -0.317. The third-order valence-electron chi connectivity index (χ3n) is 3.55. The molecule has 2 heterocycles. The van der Waals surface area contributed by atoms with Crippen LogP contribution in [0.3, 0.4) is 0 Å². The Balaban J connectivity index is 1.95. The van der Waals surface area contributed by atoms with E-state index in [4.69, 9.17) is 0 Å². The maximum Gasteiger partial charge on any atom is 0.266 e. The van der Waals surface area contributed by atoms with Gasteiger partial charge in [0.1, 0.15) is 10.1 Å². The van der Waals surface area contributed by atoms with Gasteiger partial charge in [0.2, 0.25) is 0 Å². The van der Waals surface area contributed by atoms with Crippen molar-refractivity contribution in [1.29, 1.82) is 0 Å². The molecule has 2 aromatic carbocycles. The molecule has 102 valence electrons. The van der Waals surface area contributed by atoms with Gasteiger partial charge >= 0.3 is 0 Å². The average molecular weight is 342 g/mol. The lowest BCUT2D eigenvalue weighted by Gasteiger charge is -2.14. The molecule has 1 aliphatic rings. The summed E-state index contributed by atoms with van der Waals surface area (Å²) in [7, 11) is 0. The number of aromatic amines is 1. The third kappa shape index (κ3) is 1.59. The molecule has 0 aliphatic carbocycles. The van der Waals surface area contributed by atoms with E-state index in [1.165, 1.54) is 4.90 Å². The molecule has 6 heteroatoms. The molecule has 5 nitrogen and oxygen atoms in total. The fraction of sp³-hybridized carbons (Fsp3) is 0. The summed E-state index contributed by atoms with van der Waals surface area (Å²) in [5, 5.41) is 7.81. The number of fused-ring (bicyclic) bond motifs is 2. The van der Waals surface area contributed by atoms with Gasteiger partial charge in [-0.1, -0.05) is 18.2 Å². The summed E-state index contributed by atoms with van der Waals surface area (Å²) in [6.07, 6.45) is 0. The Morgan fingerprint density at radius 3 is 2.29 bits per heavy atom. The summed E-state index contributed by atoms with van der Waals surface area (Å²) in [6, 6.07) is 12.2. The number of carbonyl (C=O) groups is 2. The lowest BCUT2D eigenvalue weighted by atomic mass is 10.1. The van der Waals surface area contributed by atoms with Crippen LogP contribution < -0.4 is 4.90 Å². The molecular weight excluding hydrogens is 334 g/mol. The number of imide groups is 1. The van der Waals surface area contributed by atoms with Crippen molar-refractivity contribution in [3.05, 3.63) is 58.2 Å². The van der Waals surface area contributed by atoms with Crippen molar-refractivity contribution >= 4 is 44.3 Å². The lowest BCUT2D eigenvalue weighted by molar-refractivity contribution is 0.0926. The largest absolute Gasteiger partial charge is 0.270 e. The van der Waals surface area contributed by atoms with Crippen LogP contribution in [0.4, 0.5) is 5.69 Å². The minimum Gasteiger partial charge on any atom is -0.270 e. The van der Waals surface area contributed by atoms with E-state index in [-0.39, 0.29) is 11.8 Å². The molecule has 0 radical (unpaired) electrons. The van der Waals surface area contributed by atoms with Crippen LogP contribution in [0.2, 0.25) is 0 Å². The molecule has 0 fully saturated rings. The summed E-state index contributed by atoms with van der Waals surface area (Å²) in [4.78, 5) is 26.2. The number of nitrogens with one attached hydrogen (secondary N) is 1. The summed E-state index contributed by atoms with van der Waals surface area (Å²) >= 11 is 3.36. The highest BCUT2D eigenvalue weighted by atomic mass is 79.9. The van der Waals surface area contributed by atoms with E-state index in [9.17, 15) is 9.59 Å². The zero-order valence-corrected chi connectivity index (χ0v) is 12.2. The van der Waals surface area contributed by atoms with Crippen LogP contribution in [0.15, 0.2) is 47.1 Å². The van der Waals surface area contributed by atoms with Crippen LogP contribution in [-0.2, 0) is 0 Å². The van der Waals surface area contributed by atoms with Crippen molar-refractivity contribution in [2.75, 3.05) is 4.90 Å². The highest BCUT2D eigenvalue weighted by Gasteiger charge is 2.37. The lowest BCUT2D eigenvalue weighted by Crippen LogP contribution is -2.29. The molecule has 1 aliphatic heterocycles. The molecule has 0 bridgehead atoms. The smallest absolute Gasteiger partial charge is 0.266 e. The van der Waals surface area contributed by atoms with Gasteiger partial charge in [-0.05, 0) is 40.2 Å². The number of benzene rings is 2. The number of aromatic nitrogens is 2. The SMILES string of the molecule is O=C1c2ccccc2C(=O)N1c1cccc2c(Br)[nH]nc12. The number of nitrogens with zero attached hydrogens (tertiary/aromatic N) is 2. The maximum absolute atomic E-state index is 12.5. The minimum absolute atomic E-state index is 0.317. The Morgan fingerprint density at radius 2 is 1.62 bits per heavy atom. The van der Waals surface area contributed by atoms with E-state index < -0.39 is 0 Å². The van der Waals surface area contributed by atoms with E-state index >= 15 is 0 Å². The van der Waals surface area contributed by atoms with Crippen LogP contribution in [0.25, 0.3) is 10.9 Å². The number of H-pyrrole nitrogens is 1. The van der Waals surface area contributed by atoms with Crippen molar-refractivity contribution in [3.63, 3.8) is 0 Å². The van der Waals surface area contributed by atoms with Crippen LogP contribution >= 0.6 is 15.9 Å². The molecule has 0 saturated carbocycles. The number of hydrogen-bond acceptors (Lipinski definition) is 3. The van der Waals surface area contributed by atoms with Crippen LogP contribution in [0.5, 0.6) is 0 Å². The number of hydrogen-bond donors (Lipinski definition) is 1. The molecule has 3 aromatic rings. The fourth-order valence-corrected chi connectivity index (χ4v) is 2.99. The summed E-state index contributed by atoms with van der Waals surface area (Å²) in [5.74, 6) is -0.635. The first-order valence-corrected chi connectivity index (χ1v) is 7.08. The zero-order chi connectivity index (χ0) is 14.6. The van der Waals surface area contributed by atoms with Gasteiger partial charge in [0, 0.05) is 5.39 Å². The summed E-state index contributed by atoms with van der Waals surface area (Å²) in [5.41, 5.74) is 1.92. The average Bonchev–Trinajstić information content (AvgIpc) is 3.00. The Labute approximate surface area is 127 Å². The molecule has 0 unspecified atom stereocenters. The molecular formula is C15H8BrN3O2. The van der Waals surface area contributed by atoms with Gasteiger partial charge in [0.25, 0.3) is 11.8 Å². The molecule has 2 amide bonds. The number of amides is 2. The van der Waals surface area contributed by atoms with E-state index in [2.05, 4.69) is 26.1 Å². The number of para-hydroxylation sites is 1. The van der Waals surface area contributed by atoms with Gasteiger partial charge in [-0.15, -0.1) is 0 Å². The highest BCUT2D eigenvalue weighted by Crippen LogP contribution is 2.34. The third-order valence-corrected chi connectivity index (χ3v) is 4.16. The van der Waals surface area contributed by atoms with Crippen LogP contribution in [0.1, 0.15) is 20.7 Å². The number of anilines is 1. The van der Waals surface area contributed by atoms with E-state index in [0.717, 1.165) is 9.99 Å². The summed E-state index contributed by atoms with van der Waals surface area (Å²) < 4.78 is 0.718. The van der Waals surface area contributed by atoms with E-state index in [1.807, 2.05) is 6.07 Å². The maximum atomic E-state index is 12.5. The quantitative estimate of drug-likeness (QED) is 0.691. The normalized spacial score (nSPS) is 14.0. The van der Waals surface area contributed by atoms with E-state index in [1.54, 1.807) is 36.4 Å². The number of halogens is 1. The molecule has 21 heavy (non-hydrogen) atoms. The predicted octanol–water partition coefficient (Wildman–Crippen LogP) is 3.13. The van der Waals surface area contributed by atoms with Crippen molar-refractivity contribution in [2.24, 2.45) is 0 Å².